The average molecular weight is 417 g/mol. The molecule has 0 aliphatic carbocycles. The van der Waals surface area contributed by atoms with Crippen LogP contribution in [-0.4, -0.2) is 20.4 Å². The number of halogens is 3. The van der Waals surface area contributed by atoms with E-state index >= 15 is 0 Å². The summed E-state index contributed by atoms with van der Waals surface area (Å²) in [5.74, 6) is -0.147. The first-order valence-electron chi connectivity index (χ1n) is 6.32. The van der Waals surface area contributed by atoms with E-state index in [1.54, 1.807) is 0 Å². The summed E-state index contributed by atoms with van der Waals surface area (Å²) in [6, 6.07) is 2.38. The lowest BCUT2D eigenvalue weighted by Gasteiger charge is -2.20. The Bertz CT molecular complexity index is 649. The van der Waals surface area contributed by atoms with Gasteiger partial charge >= 0.3 is 0 Å². The highest BCUT2D eigenvalue weighted by molar-refractivity contribution is 9.10. The van der Waals surface area contributed by atoms with Crippen LogP contribution in [0.25, 0.3) is 0 Å². The molecular weight excluding hydrogens is 401 g/mol. The molecule has 1 N–H and O–H groups in total. The van der Waals surface area contributed by atoms with Crippen molar-refractivity contribution in [2.75, 3.05) is 0 Å². The van der Waals surface area contributed by atoms with Gasteiger partial charge in [0.25, 0.3) is 15.0 Å². The molecule has 0 spiro atoms. The fourth-order valence-electron chi connectivity index (χ4n) is 1.65. The Balaban J connectivity index is 3.18. The third-order valence-electron chi connectivity index (χ3n) is 3.38. The molecule has 1 aromatic carbocycles. The maximum absolute atomic E-state index is 12.3. The van der Waals surface area contributed by atoms with Crippen molar-refractivity contribution in [1.82, 2.24) is 5.32 Å². The fourth-order valence-corrected chi connectivity index (χ4v) is 3.24. The van der Waals surface area contributed by atoms with Gasteiger partial charge in [-0.1, -0.05) is 31.9 Å². The first-order valence-corrected chi connectivity index (χ1v) is 9.80. The number of carbonyl (C=O) groups is 1. The lowest BCUT2D eigenvalue weighted by atomic mass is 10.0. The number of carbonyl (C=O) groups excluding carboxylic acids is 1. The number of amides is 1. The standard InChI is InChI=1S/C13H16BrCl2NO3S/c1-4-7(2)8(3)17-13(18)10-5-9(21(16,19)20)6-11(14)12(10)15/h5-8H,4H2,1-3H3,(H,17,18). The predicted octanol–water partition coefficient (Wildman–Crippen LogP) is 4.19. The summed E-state index contributed by atoms with van der Waals surface area (Å²) in [6.07, 6.45) is 0.912. The second-order valence-electron chi connectivity index (χ2n) is 4.85. The fraction of sp³-hybridized carbons (Fsp3) is 0.462. The molecule has 0 aromatic heterocycles. The lowest BCUT2D eigenvalue weighted by Crippen LogP contribution is -2.37. The molecule has 2 unspecified atom stereocenters. The van der Waals surface area contributed by atoms with Crippen LogP contribution >= 0.6 is 38.2 Å². The molecule has 0 saturated heterocycles. The number of hydrogen-bond acceptors (Lipinski definition) is 3. The zero-order chi connectivity index (χ0) is 16.4. The molecule has 0 radical (unpaired) electrons. The molecule has 0 heterocycles. The Kier molecular flexibility index (Phi) is 6.53. The zero-order valence-electron chi connectivity index (χ0n) is 11.8. The number of hydrogen-bond donors (Lipinski definition) is 1. The van der Waals surface area contributed by atoms with Crippen LogP contribution in [0.1, 0.15) is 37.6 Å². The van der Waals surface area contributed by atoms with Crippen molar-refractivity contribution < 1.29 is 13.2 Å². The monoisotopic (exact) mass is 415 g/mol. The molecule has 4 nitrogen and oxygen atoms in total. The van der Waals surface area contributed by atoms with Gasteiger partial charge in [0.2, 0.25) is 0 Å². The van der Waals surface area contributed by atoms with Crippen LogP contribution in [-0.2, 0) is 9.05 Å². The molecule has 0 aliphatic heterocycles. The summed E-state index contributed by atoms with van der Waals surface area (Å²) < 4.78 is 23.1. The Labute approximate surface area is 142 Å². The normalized spacial score (nSPS) is 14.6. The third-order valence-corrected chi connectivity index (χ3v) is 5.98. The molecule has 0 bridgehead atoms. The summed E-state index contributed by atoms with van der Waals surface area (Å²) >= 11 is 9.19. The van der Waals surface area contributed by atoms with Gasteiger partial charge in [0.15, 0.2) is 0 Å². The third kappa shape index (κ3) is 4.84. The molecule has 1 rings (SSSR count). The predicted molar refractivity (Wildman–Crippen MR) is 88.6 cm³/mol. The topological polar surface area (TPSA) is 63.2 Å². The van der Waals surface area contributed by atoms with Crippen LogP contribution in [0, 0.1) is 5.92 Å². The highest BCUT2D eigenvalue weighted by atomic mass is 79.9. The summed E-state index contributed by atoms with van der Waals surface area (Å²) in [4.78, 5) is 12.1. The van der Waals surface area contributed by atoms with Gasteiger partial charge in [0.1, 0.15) is 0 Å². The van der Waals surface area contributed by atoms with E-state index in [0.29, 0.717) is 4.47 Å². The largest absolute Gasteiger partial charge is 0.349 e. The summed E-state index contributed by atoms with van der Waals surface area (Å²) in [5, 5.41) is 2.96. The van der Waals surface area contributed by atoms with Crippen LogP contribution < -0.4 is 5.32 Å². The van der Waals surface area contributed by atoms with E-state index in [9.17, 15) is 13.2 Å². The minimum atomic E-state index is -3.94. The van der Waals surface area contributed by atoms with E-state index in [0.717, 1.165) is 6.42 Å². The van der Waals surface area contributed by atoms with Gasteiger partial charge < -0.3 is 5.32 Å². The molecule has 8 heteroatoms. The van der Waals surface area contributed by atoms with E-state index < -0.39 is 15.0 Å². The van der Waals surface area contributed by atoms with E-state index in [-0.39, 0.29) is 27.4 Å². The van der Waals surface area contributed by atoms with Crippen molar-refractivity contribution in [3.63, 3.8) is 0 Å². The molecular formula is C13H16BrCl2NO3S. The average Bonchev–Trinajstić information content (AvgIpc) is 2.39. The second-order valence-corrected chi connectivity index (χ2v) is 8.65. The molecule has 0 fully saturated rings. The lowest BCUT2D eigenvalue weighted by molar-refractivity contribution is 0.0928. The van der Waals surface area contributed by atoms with Crippen molar-refractivity contribution >= 4 is 53.2 Å². The zero-order valence-corrected chi connectivity index (χ0v) is 15.7. The quantitative estimate of drug-likeness (QED) is 0.731. The van der Waals surface area contributed by atoms with Crippen molar-refractivity contribution in [3.05, 3.63) is 27.2 Å². The molecule has 1 aromatic rings. The van der Waals surface area contributed by atoms with Crippen molar-refractivity contribution in [2.24, 2.45) is 5.92 Å². The first kappa shape index (κ1) is 18.7. The van der Waals surface area contributed by atoms with Gasteiger partial charge in [-0.25, -0.2) is 8.42 Å². The Hall–Kier alpha value is -0.300. The minimum Gasteiger partial charge on any atom is -0.349 e. The van der Waals surface area contributed by atoms with Gasteiger partial charge in [-0.05, 0) is 40.9 Å². The van der Waals surface area contributed by atoms with Gasteiger partial charge in [-0.2, -0.15) is 0 Å². The van der Waals surface area contributed by atoms with Gasteiger partial charge in [-0.15, -0.1) is 0 Å². The van der Waals surface area contributed by atoms with Crippen LogP contribution in [0.4, 0.5) is 0 Å². The van der Waals surface area contributed by atoms with E-state index in [1.807, 2.05) is 20.8 Å². The highest BCUT2D eigenvalue weighted by Gasteiger charge is 2.21. The molecule has 118 valence electrons. The van der Waals surface area contributed by atoms with Crippen LogP contribution in [0.3, 0.4) is 0 Å². The first-order chi connectivity index (χ1) is 9.57. The molecule has 21 heavy (non-hydrogen) atoms. The molecule has 0 saturated carbocycles. The van der Waals surface area contributed by atoms with Gasteiger partial charge in [0.05, 0.1) is 15.5 Å². The number of benzene rings is 1. The number of rotatable bonds is 5. The summed E-state index contributed by atoms with van der Waals surface area (Å²) in [7, 11) is 1.37. The van der Waals surface area contributed by atoms with E-state index in [4.69, 9.17) is 22.3 Å². The molecule has 2 atom stereocenters. The Morgan fingerprint density at radius 3 is 2.43 bits per heavy atom. The molecule has 1 amide bonds. The van der Waals surface area contributed by atoms with Crippen LogP contribution in [0.5, 0.6) is 0 Å². The second kappa shape index (κ2) is 7.31. The maximum Gasteiger partial charge on any atom is 0.261 e. The smallest absolute Gasteiger partial charge is 0.261 e. The van der Waals surface area contributed by atoms with Crippen molar-refractivity contribution in [2.45, 2.75) is 38.1 Å². The molecule has 0 aliphatic rings. The summed E-state index contributed by atoms with van der Waals surface area (Å²) in [6.45, 7) is 5.93. The van der Waals surface area contributed by atoms with Crippen molar-refractivity contribution in [1.29, 1.82) is 0 Å². The maximum atomic E-state index is 12.3. The minimum absolute atomic E-state index is 0.0615. The van der Waals surface area contributed by atoms with Gasteiger partial charge in [-0.3, -0.25) is 4.79 Å². The number of nitrogens with one attached hydrogen (secondary N) is 1. The van der Waals surface area contributed by atoms with Crippen LogP contribution in [0.15, 0.2) is 21.5 Å². The Morgan fingerprint density at radius 1 is 1.38 bits per heavy atom. The van der Waals surface area contributed by atoms with E-state index in [1.165, 1.54) is 12.1 Å². The SMILES string of the molecule is CCC(C)C(C)NC(=O)c1cc(S(=O)(=O)Cl)cc(Br)c1Cl. The van der Waals surface area contributed by atoms with Gasteiger partial charge in [0, 0.05) is 21.2 Å². The Morgan fingerprint density at radius 2 is 1.95 bits per heavy atom. The van der Waals surface area contributed by atoms with Crippen molar-refractivity contribution in [3.8, 4) is 0 Å². The van der Waals surface area contributed by atoms with Crippen LogP contribution in [0.2, 0.25) is 5.02 Å². The highest BCUT2D eigenvalue weighted by Crippen LogP contribution is 2.31. The summed E-state index contributed by atoms with van der Waals surface area (Å²) in [5.41, 5.74) is 0.0698. The van der Waals surface area contributed by atoms with E-state index in [2.05, 4.69) is 21.2 Å².